The van der Waals surface area contributed by atoms with Gasteiger partial charge in [-0.3, -0.25) is 9.78 Å². The van der Waals surface area contributed by atoms with E-state index in [1.165, 1.54) is 31.3 Å². The Labute approximate surface area is 201 Å². The molecule has 13 heteroatoms. The molecule has 0 bridgehead atoms. The van der Waals surface area contributed by atoms with Crippen LogP contribution in [0.5, 0.6) is 5.75 Å². The summed E-state index contributed by atoms with van der Waals surface area (Å²) in [7, 11) is 0. The summed E-state index contributed by atoms with van der Waals surface area (Å²) >= 11 is 0. The topological polar surface area (TPSA) is 115 Å². The molecule has 2 N–H and O–H groups in total. The Morgan fingerprint density at radius 1 is 1.22 bits per heavy atom. The van der Waals surface area contributed by atoms with Crippen molar-refractivity contribution in [1.29, 1.82) is 0 Å². The van der Waals surface area contributed by atoms with Crippen LogP contribution in [0.25, 0.3) is 10.9 Å². The van der Waals surface area contributed by atoms with Crippen LogP contribution in [0.15, 0.2) is 42.6 Å². The molecular weight excluding hydrogens is 484 g/mol. The number of amides is 1. The SMILES string of the molecule is Cc1cc(OCc2c(F)cccc2F)cc2c(C(=O)NC(C)(CO)c3nnn(C(F)F)n3)ccnc12. The molecule has 0 aliphatic rings. The number of carbonyl (C=O) groups excluding carboxylic acids is 1. The number of hydrogen-bond donors (Lipinski definition) is 2. The number of carbonyl (C=O) groups is 1. The summed E-state index contributed by atoms with van der Waals surface area (Å²) < 4.78 is 59.3. The molecule has 4 aromatic rings. The standard InChI is InChI=1S/C23H20F4N6O3/c1-12-8-13(36-10-16-17(24)4-3-5-18(16)25)9-15-14(6-7-28-19(12)15)20(35)29-23(2,11-34)21-30-32-33(31-21)22(26)27/h3-9,22,34H,10-11H2,1-2H3,(H,29,35). The maximum absolute atomic E-state index is 14.0. The lowest BCUT2D eigenvalue weighted by molar-refractivity contribution is 0.0386. The van der Waals surface area contributed by atoms with Crippen molar-refractivity contribution in [3.8, 4) is 5.75 Å². The van der Waals surface area contributed by atoms with Crippen molar-refractivity contribution in [2.45, 2.75) is 32.5 Å². The Morgan fingerprint density at radius 2 is 1.94 bits per heavy atom. The first-order valence-corrected chi connectivity index (χ1v) is 10.6. The highest BCUT2D eigenvalue weighted by molar-refractivity contribution is 6.07. The van der Waals surface area contributed by atoms with Gasteiger partial charge in [-0.2, -0.15) is 8.78 Å². The molecule has 1 unspecified atom stereocenters. The quantitative estimate of drug-likeness (QED) is 0.354. The van der Waals surface area contributed by atoms with Crippen LogP contribution in [0.3, 0.4) is 0 Å². The van der Waals surface area contributed by atoms with E-state index in [2.05, 4.69) is 25.7 Å². The van der Waals surface area contributed by atoms with Crippen molar-refractivity contribution in [3.63, 3.8) is 0 Å². The van der Waals surface area contributed by atoms with Gasteiger partial charge in [0.25, 0.3) is 5.91 Å². The number of hydrogen-bond acceptors (Lipinski definition) is 7. The van der Waals surface area contributed by atoms with Gasteiger partial charge in [0, 0.05) is 11.6 Å². The fourth-order valence-corrected chi connectivity index (χ4v) is 3.52. The molecule has 0 aliphatic heterocycles. The molecule has 2 heterocycles. The minimum absolute atomic E-state index is 0.0582. The van der Waals surface area contributed by atoms with Gasteiger partial charge in [0.15, 0.2) is 0 Å². The van der Waals surface area contributed by atoms with Gasteiger partial charge in [-0.1, -0.05) is 10.9 Å². The molecule has 36 heavy (non-hydrogen) atoms. The van der Waals surface area contributed by atoms with Crippen LogP contribution in [0.1, 0.15) is 40.8 Å². The van der Waals surface area contributed by atoms with Crippen molar-refractivity contribution in [3.05, 3.63) is 76.7 Å². The molecule has 2 aromatic carbocycles. The third kappa shape index (κ3) is 4.82. The predicted molar refractivity (Wildman–Crippen MR) is 118 cm³/mol. The number of pyridine rings is 1. The van der Waals surface area contributed by atoms with Crippen LogP contribution in [0, 0.1) is 18.6 Å². The number of halogens is 4. The lowest BCUT2D eigenvalue weighted by Crippen LogP contribution is -2.47. The molecule has 2 aromatic heterocycles. The number of tetrazole rings is 1. The molecule has 0 fully saturated rings. The molecular formula is C23H20F4N6O3. The first kappa shape index (κ1) is 25.0. The number of ether oxygens (including phenoxy) is 1. The van der Waals surface area contributed by atoms with Crippen LogP contribution in [-0.4, -0.2) is 42.8 Å². The Morgan fingerprint density at radius 3 is 2.58 bits per heavy atom. The van der Waals surface area contributed by atoms with E-state index >= 15 is 0 Å². The van der Waals surface area contributed by atoms with E-state index < -0.39 is 36.2 Å². The average molecular weight is 504 g/mol. The zero-order valence-corrected chi connectivity index (χ0v) is 19.0. The fourth-order valence-electron chi connectivity index (χ4n) is 3.52. The maximum atomic E-state index is 14.0. The molecule has 0 saturated carbocycles. The molecule has 9 nitrogen and oxygen atoms in total. The second-order valence-corrected chi connectivity index (χ2v) is 8.14. The number of aliphatic hydroxyl groups is 1. The first-order chi connectivity index (χ1) is 17.1. The van der Waals surface area contributed by atoms with Crippen LogP contribution in [0.4, 0.5) is 17.6 Å². The summed E-state index contributed by atoms with van der Waals surface area (Å²) in [6, 6.07) is 8.00. The summed E-state index contributed by atoms with van der Waals surface area (Å²) in [6.07, 6.45) is 1.40. The third-order valence-electron chi connectivity index (χ3n) is 5.50. The summed E-state index contributed by atoms with van der Waals surface area (Å²) in [5.74, 6) is -2.28. The van der Waals surface area contributed by atoms with Gasteiger partial charge in [0.05, 0.1) is 23.3 Å². The molecule has 1 atom stereocenters. The molecule has 1 amide bonds. The van der Waals surface area contributed by atoms with E-state index in [-0.39, 0.29) is 34.1 Å². The average Bonchev–Trinajstić information content (AvgIpc) is 3.35. The van der Waals surface area contributed by atoms with Gasteiger partial charge in [-0.05, 0) is 55.0 Å². The minimum atomic E-state index is -3.05. The Kier molecular flexibility index (Phi) is 6.84. The lowest BCUT2D eigenvalue weighted by atomic mass is 10.00. The molecule has 0 saturated heterocycles. The summed E-state index contributed by atoms with van der Waals surface area (Å²) in [5, 5.41) is 23.1. The van der Waals surface area contributed by atoms with Crippen LogP contribution in [0.2, 0.25) is 0 Å². The van der Waals surface area contributed by atoms with E-state index in [1.807, 2.05) is 0 Å². The van der Waals surface area contributed by atoms with Gasteiger partial charge >= 0.3 is 6.55 Å². The Balaban J connectivity index is 1.65. The van der Waals surface area contributed by atoms with Gasteiger partial charge in [-0.25, -0.2) is 8.78 Å². The van der Waals surface area contributed by atoms with E-state index in [1.54, 1.807) is 13.0 Å². The van der Waals surface area contributed by atoms with Crippen LogP contribution >= 0.6 is 0 Å². The number of nitrogens with zero attached hydrogens (tertiary/aromatic N) is 5. The number of aliphatic hydroxyl groups excluding tert-OH is 1. The second-order valence-electron chi connectivity index (χ2n) is 8.14. The summed E-state index contributed by atoms with van der Waals surface area (Å²) in [6.45, 7) is -1.08. The van der Waals surface area contributed by atoms with Crippen molar-refractivity contribution in [2.75, 3.05) is 6.61 Å². The zero-order valence-electron chi connectivity index (χ0n) is 19.0. The van der Waals surface area contributed by atoms with Crippen molar-refractivity contribution < 1.29 is 32.2 Å². The van der Waals surface area contributed by atoms with E-state index in [9.17, 15) is 27.5 Å². The van der Waals surface area contributed by atoms with E-state index in [0.717, 1.165) is 12.1 Å². The van der Waals surface area contributed by atoms with E-state index in [0.29, 0.717) is 16.5 Å². The Hall–Kier alpha value is -4.13. The molecule has 0 aliphatic carbocycles. The molecule has 188 valence electrons. The molecule has 4 rings (SSSR count). The largest absolute Gasteiger partial charge is 0.489 e. The fraction of sp³-hybridized carbons (Fsp3) is 0.261. The van der Waals surface area contributed by atoms with Gasteiger partial charge in [-0.15, -0.1) is 10.2 Å². The number of alkyl halides is 2. The highest BCUT2D eigenvalue weighted by atomic mass is 19.3. The second kappa shape index (κ2) is 9.85. The molecule has 0 radical (unpaired) electrons. The number of aryl methyl sites for hydroxylation is 1. The predicted octanol–water partition coefficient (Wildman–Crippen LogP) is 3.42. The van der Waals surface area contributed by atoms with E-state index in [4.69, 9.17) is 4.74 Å². The highest BCUT2D eigenvalue weighted by Crippen LogP contribution is 2.28. The normalized spacial score (nSPS) is 13.1. The van der Waals surface area contributed by atoms with Gasteiger partial charge in [0.2, 0.25) is 5.82 Å². The summed E-state index contributed by atoms with van der Waals surface area (Å²) in [5.41, 5.74) is -0.683. The van der Waals surface area contributed by atoms with Crippen molar-refractivity contribution >= 4 is 16.8 Å². The molecule has 0 spiro atoms. The number of fused-ring (bicyclic) bond motifs is 1. The minimum Gasteiger partial charge on any atom is -0.489 e. The number of benzene rings is 2. The third-order valence-corrected chi connectivity index (χ3v) is 5.50. The van der Waals surface area contributed by atoms with Gasteiger partial charge < -0.3 is 15.2 Å². The monoisotopic (exact) mass is 504 g/mol. The first-order valence-electron chi connectivity index (χ1n) is 10.6. The van der Waals surface area contributed by atoms with Gasteiger partial charge in [0.1, 0.15) is 29.5 Å². The number of nitrogens with one attached hydrogen (secondary N) is 1. The Bertz CT molecular complexity index is 1410. The maximum Gasteiger partial charge on any atom is 0.350 e. The van der Waals surface area contributed by atoms with Crippen LogP contribution < -0.4 is 10.1 Å². The van der Waals surface area contributed by atoms with Crippen LogP contribution in [-0.2, 0) is 12.1 Å². The number of rotatable bonds is 8. The number of aromatic nitrogens is 5. The highest BCUT2D eigenvalue weighted by Gasteiger charge is 2.34. The van der Waals surface area contributed by atoms with Crippen molar-refractivity contribution in [1.82, 2.24) is 30.5 Å². The lowest BCUT2D eigenvalue weighted by Gasteiger charge is -2.25. The van der Waals surface area contributed by atoms with Crippen molar-refractivity contribution in [2.24, 2.45) is 0 Å². The summed E-state index contributed by atoms with van der Waals surface area (Å²) in [4.78, 5) is 17.6. The zero-order chi connectivity index (χ0) is 26.0. The smallest absolute Gasteiger partial charge is 0.350 e.